The number of likely N-dealkylation sites (N-methyl/N-ethyl adjacent to an activating group) is 1. The zero-order valence-corrected chi connectivity index (χ0v) is 25.5. The van der Waals surface area contributed by atoms with E-state index in [-0.39, 0.29) is 17.7 Å². The molecule has 0 bridgehead atoms. The molecule has 1 fully saturated rings. The van der Waals surface area contributed by atoms with Crippen LogP contribution in [0.4, 0.5) is 0 Å². The van der Waals surface area contributed by atoms with Crippen molar-refractivity contribution >= 4 is 24.0 Å². The van der Waals surface area contributed by atoms with E-state index in [0.717, 1.165) is 35.8 Å². The Bertz CT molecular complexity index is 1280. The molecule has 1 aliphatic carbocycles. The van der Waals surface area contributed by atoms with E-state index in [0.29, 0.717) is 32.6 Å². The Morgan fingerprint density at radius 1 is 1.05 bits per heavy atom. The van der Waals surface area contributed by atoms with Crippen LogP contribution in [0.5, 0.6) is 0 Å². The van der Waals surface area contributed by atoms with Crippen LogP contribution >= 0.6 is 0 Å². The normalized spacial score (nSPS) is 22.4. The number of carbonyl (C=O) groups is 4. The number of rotatable bonds is 9. The average molecular weight is 576 g/mol. The largest absolute Gasteiger partial charge is 0.342 e. The minimum atomic E-state index is -1.15. The highest BCUT2D eigenvalue weighted by atomic mass is 16.2. The first kappa shape index (κ1) is 31.4. The molecule has 3 N–H and O–H groups in total. The molecule has 0 spiro atoms. The lowest BCUT2D eigenvalue weighted by Crippen LogP contribution is -2.67. The molecule has 226 valence electrons. The van der Waals surface area contributed by atoms with Crippen molar-refractivity contribution in [2.24, 2.45) is 5.41 Å². The number of amides is 3. The lowest BCUT2D eigenvalue weighted by molar-refractivity contribution is -0.150. The fraction of sp³-hybridized carbons (Fsp3) is 0.515. The number of hydrogen-bond donors (Lipinski definition) is 3. The molecule has 9 nitrogen and oxygen atoms in total. The number of nitrogens with zero attached hydrogens (tertiary/aromatic N) is 2. The van der Waals surface area contributed by atoms with Crippen LogP contribution in [0.3, 0.4) is 0 Å². The van der Waals surface area contributed by atoms with E-state index in [9.17, 15) is 19.2 Å². The van der Waals surface area contributed by atoms with Gasteiger partial charge in [0.1, 0.15) is 23.9 Å². The Hall–Kier alpha value is -3.56. The van der Waals surface area contributed by atoms with Crippen LogP contribution in [0.15, 0.2) is 54.6 Å². The van der Waals surface area contributed by atoms with Gasteiger partial charge in [0.2, 0.25) is 17.7 Å². The van der Waals surface area contributed by atoms with Gasteiger partial charge in [-0.1, -0.05) is 75.4 Å². The predicted molar refractivity (Wildman–Crippen MR) is 162 cm³/mol. The predicted octanol–water partition coefficient (Wildman–Crippen LogP) is 2.39. The van der Waals surface area contributed by atoms with Crippen molar-refractivity contribution in [3.63, 3.8) is 0 Å². The molecule has 42 heavy (non-hydrogen) atoms. The molecule has 0 radical (unpaired) electrons. The fourth-order valence-corrected chi connectivity index (χ4v) is 5.98. The molecule has 2 aromatic carbocycles. The van der Waals surface area contributed by atoms with Gasteiger partial charge in [0, 0.05) is 26.2 Å². The molecular formula is C33H45N5O4. The van der Waals surface area contributed by atoms with E-state index < -0.39 is 29.1 Å². The summed E-state index contributed by atoms with van der Waals surface area (Å²) in [6, 6.07) is 15.6. The number of piperazine rings is 1. The summed E-state index contributed by atoms with van der Waals surface area (Å²) < 4.78 is 0. The van der Waals surface area contributed by atoms with Crippen LogP contribution in [-0.4, -0.2) is 78.6 Å². The second kappa shape index (κ2) is 13.2. The first-order chi connectivity index (χ1) is 20.0. The van der Waals surface area contributed by atoms with Crippen LogP contribution in [-0.2, 0) is 37.7 Å². The van der Waals surface area contributed by atoms with Gasteiger partial charge in [0.05, 0.1) is 6.04 Å². The third-order valence-electron chi connectivity index (χ3n) is 8.59. The first-order valence-electron chi connectivity index (χ1n) is 14.9. The summed E-state index contributed by atoms with van der Waals surface area (Å²) in [6.07, 6.45) is 2.96. The standard InChI is InChI=1S/C33H45N5O4/c1-23(34-5)29(40)35-28(32(2,3)4)31(42)38-19-18-37(20-24-12-7-6-8-13-24)21-27(38)30(41)36-33(22-39)17-11-15-25-14-9-10-16-26(25)33/h6-10,12-14,16,22-23,27-28,34H,11,15,17-21H2,1-5H3,(H,35,40)(H,36,41). The number of carbonyl (C=O) groups excluding carboxylic acids is 4. The van der Waals surface area contributed by atoms with Gasteiger partial charge in [-0.05, 0) is 55.3 Å². The van der Waals surface area contributed by atoms with E-state index in [2.05, 4.69) is 20.9 Å². The smallest absolute Gasteiger partial charge is 0.246 e. The van der Waals surface area contributed by atoms with Crippen molar-refractivity contribution in [1.82, 2.24) is 25.8 Å². The number of fused-ring (bicyclic) bond motifs is 1. The summed E-state index contributed by atoms with van der Waals surface area (Å²) in [5, 5.41) is 8.95. The number of hydrogen-bond acceptors (Lipinski definition) is 6. The summed E-state index contributed by atoms with van der Waals surface area (Å²) >= 11 is 0. The molecule has 9 heteroatoms. The summed E-state index contributed by atoms with van der Waals surface area (Å²) in [7, 11) is 1.69. The average Bonchev–Trinajstić information content (AvgIpc) is 2.99. The van der Waals surface area contributed by atoms with E-state index in [1.165, 1.54) is 0 Å². The zero-order valence-electron chi connectivity index (χ0n) is 25.5. The first-order valence-corrected chi connectivity index (χ1v) is 14.9. The molecule has 1 heterocycles. The Labute approximate surface area is 249 Å². The fourth-order valence-electron chi connectivity index (χ4n) is 5.98. The van der Waals surface area contributed by atoms with Crippen LogP contribution in [0.25, 0.3) is 0 Å². The van der Waals surface area contributed by atoms with Gasteiger partial charge in [-0.25, -0.2) is 0 Å². The molecule has 0 aromatic heterocycles. The highest BCUT2D eigenvalue weighted by Gasteiger charge is 2.45. The van der Waals surface area contributed by atoms with Gasteiger partial charge in [-0.3, -0.25) is 19.3 Å². The molecule has 4 rings (SSSR count). The van der Waals surface area contributed by atoms with Gasteiger partial charge in [-0.2, -0.15) is 0 Å². The maximum absolute atomic E-state index is 14.2. The highest BCUT2D eigenvalue weighted by molar-refractivity contribution is 5.95. The molecule has 1 saturated heterocycles. The minimum Gasteiger partial charge on any atom is -0.342 e. The highest BCUT2D eigenvalue weighted by Crippen LogP contribution is 2.34. The van der Waals surface area contributed by atoms with E-state index in [4.69, 9.17) is 0 Å². The lowest BCUT2D eigenvalue weighted by Gasteiger charge is -2.45. The van der Waals surface area contributed by atoms with E-state index in [1.54, 1.807) is 18.9 Å². The molecule has 4 unspecified atom stereocenters. The van der Waals surface area contributed by atoms with Crippen molar-refractivity contribution in [2.45, 2.75) is 77.2 Å². The number of aryl methyl sites for hydroxylation is 1. The minimum absolute atomic E-state index is 0.284. The molecule has 3 amide bonds. The number of nitrogens with one attached hydrogen (secondary N) is 3. The van der Waals surface area contributed by atoms with E-state index >= 15 is 0 Å². The van der Waals surface area contributed by atoms with Gasteiger partial charge in [0.15, 0.2) is 0 Å². The van der Waals surface area contributed by atoms with Gasteiger partial charge >= 0.3 is 0 Å². The Morgan fingerprint density at radius 3 is 2.40 bits per heavy atom. The van der Waals surface area contributed by atoms with Crippen LogP contribution in [0.2, 0.25) is 0 Å². The Morgan fingerprint density at radius 2 is 1.74 bits per heavy atom. The van der Waals surface area contributed by atoms with Gasteiger partial charge in [0.25, 0.3) is 0 Å². The summed E-state index contributed by atoms with van der Waals surface area (Å²) in [6.45, 7) is 9.28. The Balaban J connectivity index is 1.65. The number of benzene rings is 2. The monoisotopic (exact) mass is 575 g/mol. The maximum Gasteiger partial charge on any atom is 0.246 e. The molecule has 0 saturated carbocycles. The Kier molecular flexibility index (Phi) is 9.84. The van der Waals surface area contributed by atoms with Crippen LogP contribution in [0, 0.1) is 5.41 Å². The van der Waals surface area contributed by atoms with Crippen molar-refractivity contribution in [3.8, 4) is 0 Å². The van der Waals surface area contributed by atoms with E-state index in [1.807, 2.05) is 75.4 Å². The second-order valence-electron chi connectivity index (χ2n) is 12.7. The van der Waals surface area contributed by atoms with Gasteiger partial charge in [-0.15, -0.1) is 0 Å². The third-order valence-corrected chi connectivity index (χ3v) is 8.59. The van der Waals surface area contributed by atoms with Gasteiger partial charge < -0.3 is 25.6 Å². The molecule has 2 aromatic rings. The maximum atomic E-state index is 14.2. The number of aldehydes is 1. The topological polar surface area (TPSA) is 111 Å². The molecule has 2 aliphatic rings. The van der Waals surface area contributed by atoms with Crippen molar-refractivity contribution < 1.29 is 19.2 Å². The molecular weight excluding hydrogens is 530 g/mol. The van der Waals surface area contributed by atoms with Crippen LogP contribution in [0.1, 0.15) is 57.2 Å². The lowest BCUT2D eigenvalue weighted by atomic mass is 9.77. The molecule has 1 aliphatic heterocycles. The summed E-state index contributed by atoms with van der Waals surface area (Å²) in [5.74, 6) is -0.955. The zero-order chi connectivity index (χ0) is 30.5. The quantitative estimate of drug-likeness (QED) is 0.396. The summed E-state index contributed by atoms with van der Waals surface area (Å²) in [5.41, 5.74) is 1.22. The van der Waals surface area contributed by atoms with Crippen molar-refractivity contribution in [3.05, 3.63) is 71.3 Å². The SMILES string of the molecule is CNC(C)C(=O)NC(C(=O)N1CCN(Cc2ccccc2)CC1C(=O)NC1(C=O)CCCc2ccccc21)C(C)(C)C. The van der Waals surface area contributed by atoms with Crippen molar-refractivity contribution in [2.75, 3.05) is 26.7 Å². The van der Waals surface area contributed by atoms with Crippen molar-refractivity contribution in [1.29, 1.82) is 0 Å². The second-order valence-corrected chi connectivity index (χ2v) is 12.7. The molecule has 4 atom stereocenters. The third kappa shape index (κ3) is 6.90. The summed E-state index contributed by atoms with van der Waals surface area (Å²) in [4.78, 5) is 57.8. The van der Waals surface area contributed by atoms with Crippen LogP contribution < -0.4 is 16.0 Å².